The van der Waals surface area contributed by atoms with Crippen molar-refractivity contribution >= 4 is 17.3 Å². The maximum Gasteiger partial charge on any atom is 0.303 e. The Hall–Kier alpha value is -2.11. The van der Waals surface area contributed by atoms with E-state index in [1.165, 1.54) is 12.1 Å². The van der Waals surface area contributed by atoms with Gasteiger partial charge < -0.3 is 10.4 Å². The van der Waals surface area contributed by atoms with E-state index in [2.05, 4.69) is 5.32 Å². The second kappa shape index (κ2) is 5.48. The van der Waals surface area contributed by atoms with Crippen LogP contribution in [0.1, 0.15) is 26.7 Å². The number of carboxylic acid groups (broad SMARTS) is 1. The molecule has 0 saturated carbocycles. The minimum Gasteiger partial charge on any atom is -0.481 e. The van der Waals surface area contributed by atoms with Crippen LogP contribution in [-0.4, -0.2) is 21.5 Å². The van der Waals surface area contributed by atoms with Crippen LogP contribution < -0.4 is 5.32 Å². The number of nitro benzene ring substituents is 1. The van der Waals surface area contributed by atoms with E-state index in [4.69, 9.17) is 5.11 Å². The third kappa shape index (κ3) is 4.40. The van der Waals surface area contributed by atoms with Crippen molar-refractivity contribution in [3.8, 4) is 0 Å². The molecule has 0 aliphatic heterocycles. The summed E-state index contributed by atoms with van der Waals surface area (Å²) in [5.41, 5.74) is 0.383. The average molecular weight is 252 g/mol. The fourth-order valence-electron chi connectivity index (χ4n) is 1.54. The van der Waals surface area contributed by atoms with Crippen LogP contribution in [0.25, 0.3) is 0 Å². The van der Waals surface area contributed by atoms with Crippen LogP contribution in [-0.2, 0) is 4.79 Å². The summed E-state index contributed by atoms with van der Waals surface area (Å²) >= 11 is 0. The number of nitro groups is 1. The topological polar surface area (TPSA) is 92.5 Å². The molecule has 6 nitrogen and oxygen atoms in total. The highest BCUT2D eigenvalue weighted by molar-refractivity contribution is 5.67. The van der Waals surface area contributed by atoms with Gasteiger partial charge in [0.2, 0.25) is 0 Å². The second-order valence-corrected chi connectivity index (χ2v) is 4.71. The highest BCUT2D eigenvalue weighted by Crippen LogP contribution is 2.21. The molecule has 0 aliphatic rings. The lowest BCUT2D eigenvalue weighted by Crippen LogP contribution is -2.31. The van der Waals surface area contributed by atoms with E-state index in [0.29, 0.717) is 6.42 Å². The van der Waals surface area contributed by atoms with Crippen LogP contribution in [0.3, 0.4) is 0 Å². The molecule has 1 rings (SSSR count). The molecule has 0 bridgehead atoms. The number of hydrogen-bond donors (Lipinski definition) is 2. The Morgan fingerprint density at radius 1 is 1.39 bits per heavy atom. The molecule has 0 spiro atoms. The number of hydrogen-bond acceptors (Lipinski definition) is 4. The fourth-order valence-corrected chi connectivity index (χ4v) is 1.54. The van der Waals surface area contributed by atoms with Gasteiger partial charge in [-0.1, -0.05) is 0 Å². The van der Waals surface area contributed by atoms with Gasteiger partial charge in [-0.3, -0.25) is 14.9 Å². The molecule has 1 aromatic rings. The van der Waals surface area contributed by atoms with E-state index < -0.39 is 10.9 Å². The number of nitrogens with zero attached hydrogens (tertiary/aromatic N) is 1. The molecule has 0 saturated heterocycles. The average Bonchev–Trinajstić information content (AvgIpc) is 2.27. The van der Waals surface area contributed by atoms with Gasteiger partial charge in [-0.2, -0.15) is 0 Å². The van der Waals surface area contributed by atoms with E-state index in [-0.39, 0.29) is 17.6 Å². The van der Waals surface area contributed by atoms with Gasteiger partial charge in [0.15, 0.2) is 0 Å². The summed E-state index contributed by atoms with van der Waals surface area (Å²) in [5, 5.41) is 22.3. The first-order valence-corrected chi connectivity index (χ1v) is 5.54. The zero-order chi connectivity index (χ0) is 13.8. The standard InChI is InChI=1S/C12H16N2O4/c1-12(2,8-7-11(15)16)13-9-3-5-10(6-4-9)14(17)18/h3-6,13H,7-8H2,1-2H3,(H,15,16). The number of aliphatic carboxylic acids is 1. The van der Waals surface area contributed by atoms with Gasteiger partial charge in [0.05, 0.1) is 4.92 Å². The first-order valence-electron chi connectivity index (χ1n) is 5.54. The van der Waals surface area contributed by atoms with Crippen LogP contribution in [0.5, 0.6) is 0 Å². The summed E-state index contributed by atoms with van der Waals surface area (Å²) in [7, 11) is 0. The van der Waals surface area contributed by atoms with Crippen LogP contribution in [0.2, 0.25) is 0 Å². The number of carboxylic acids is 1. The van der Waals surface area contributed by atoms with Crippen molar-refractivity contribution in [2.75, 3.05) is 5.32 Å². The largest absolute Gasteiger partial charge is 0.481 e. The van der Waals surface area contributed by atoms with Crippen molar-refractivity contribution in [2.45, 2.75) is 32.2 Å². The molecule has 6 heteroatoms. The minimum atomic E-state index is -0.839. The van der Waals surface area contributed by atoms with Crippen molar-refractivity contribution < 1.29 is 14.8 Å². The van der Waals surface area contributed by atoms with Crippen LogP contribution in [0.4, 0.5) is 11.4 Å². The summed E-state index contributed by atoms with van der Waals surface area (Å²) in [6.45, 7) is 3.77. The third-order valence-electron chi connectivity index (χ3n) is 2.52. The third-order valence-corrected chi connectivity index (χ3v) is 2.52. The Bertz CT molecular complexity index is 440. The van der Waals surface area contributed by atoms with E-state index in [1.54, 1.807) is 12.1 Å². The molecule has 98 valence electrons. The van der Waals surface area contributed by atoms with Gasteiger partial charge >= 0.3 is 5.97 Å². The van der Waals surface area contributed by atoms with Crippen LogP contribution >= 0.6 is 0 Å². The molecule has 18 heavy (non-hydrogen) atoms. The van der Waals surface area contributed by atoms with E-state index in [1.807, 2.05) is 13.8 Å². The van der Waals surface area contributed by atoms with Crippen molar-refractivity contribution in [3.63, 3.8) is 0 Å². The van der Waals surface area contributed by atoms with E-state index in [0.717, 1.165) is 5.69 Å². The molecule has 1 aromatic carbocycles. The summed E-state index contributed by atoms with van der Waals surface area (Å²) in [5.74, 6) is -0.839. The Morgan fingerprint density at radius 2 is 1.94 bits per heavy atom. The van der Waals surface area contributed by atoms with Gasteiger partial charge in [0.1, 0.15) is 0 Å². The van der Waals surface area contributed by atoms with Crippen LogP contribution in [0.15, 0.2) is 24.3 Å². The van der Waals surface area contributed by atoms with Gasteiger partial charge in [0.25, 0.3) is 5.69 Å². The molecule has 0 aliphatic carbocycles. The van der Waals surface area contributed by atoms with Crippen LogP contribution in [0, 0.1) is 10.1 Å². The van der Waals surface area contributed by atoms with Gasteiger partial charge in [-0.05, 0) is 32.4 Å². The van der Waals surface area contributed by atoms with Crippen molar-refractivity contribution in [2.24, 2.45) is 0 Å². The highest BCUT2D eigenvalue weighted by atomic mass is 16.6. The maximum absolute atomic E-state index is 10.5. The summed E-state index contributed by atoms with van der Waals surface area (Å²) < 4.78 is 0. The van der Waals surface area contributed by atoms with Gasteiger partial charge in [-0.25, -0.2) is 0 Å². The Morgan fingerprint density at radius 3 is 2.39 bits per heavy atom. The zero-order valence-electron chi connectivity index (χ0n) is 10.3. The zero-order valence-corrected chi connectivity index (χ0v) is 10.3. The monoisotopic (exact) mass is 252 g/mol. The number of nitrogens with one attached hydrogen (secondary N) is 1. The Balaban J connectivity index is 2.65. The maximum atomic E-state index is 10.5. The lowest BCUT2D eigenvalue weighted by molar-refractivity contribution is -0.384. The number of benzene rings is 1. The smallest absolute Gasteiger partial charge is 0.303 e. The molecule has 0 aromatic heterocycles. The Kier molecular flexibility index (Phi) is 4.25. The van der Waals surface area contributed by atoms with Crippen molar-refractivity contribution in [1.29, 1.82) is 0 Å². The predicted octanol–water partition coefficient (Wildman–Crippen LogP) is 2.65. The molecule has 0 fully saturated rings. The lowest BCUT2D eigenvalue weighted by Gasteiger charge is -2.26. The quantitative estimate of drug-likeness (QED) is 0.599. The molecular formula is C12H16N2O4. The first kappa shape index (κ1) is 14.0. The van der Waals surface area contributed by atoms with Gasteiger partial charge in [-0.15, -0.1) is 0 Å². The fraction of sp³-hybridized carbons (Fsp3) is 0.417. The lowest BCUT2D eigenvalue weighted by atomic mass is 9.98. The van der Waals surface area contributed by atoms with E-state index in [9.17, 15) is 14.9 Å². The number of carbonyl (C=O) groups is 1. The van der Waals surface area contributed by atoms with E-state index >= 15 is 0 Å². The summed E-state index contributed by atoms with van der Waals surface area (Å²) in [4.78, 5) is 20.6. The molecule has 0 amide bonds. The van der Waals surface area contributed by atoms with Crippen molar-refractivity contribution in [3.05, 3.63) is 34.4 Å². The SMILES string of the molecule is CC(C)(CCC(=O)O)Nc1ccc([N+](=O)[O-])cc1. The Labute approximate surface area is 105 Å². The summed E-state index contributed by atoms with van der Waals surface area (Å²) in [6.07, 6.45) is 0.548. The molecular weight excluding hydrogens is 236 g/mol. The minimum absolute atomic E-state index is 0.0314. The second-order valence-electron chi connectivity index (χ2n) is 4.71. The predicted molar refractivity (Wildman–Crippen MR) is 67.7 cm³/mol. The van der Waals surface area contributed by atoms with Crippen molar-refractivity contribution in [1.82, 2.24) is 0 Å². The first-order chi connectivity index (χ1) is 8.30. The number of anilines is 1. The number of rotatable bonds is 6. The molecule has 0 atom stereocenters. The normalized spacial score (nSPS) is 11.0. The summed E-state index contributed by atoms with van der Waals surface area (Å²) in [6, 6.07) is 6.05. The number of non-ortho nitro benzene ring substituents is 1. The molecule has 0 radical (unpaired) electrons. The highest BCUT2D eigenvalue weighted by Gasteiger charge is 2.19. The van der Waals surface area contributed by atoms with Gasteiger partial charge in [0, 0.05) is 29.8 Å². The molecule has 2 N–H and O–H groups in total. The molecule has 0 heterocycles. The molecule has 0 unspecified atom stereocenters.